The van der Waals surface area contributed by atoms with Gasteiger partial charge in [0.2, 0.25) is 0 Å². The molecule has 8 heteroatoms. The number of benzene rings is 1. The standard InChI is InChI=1S/C18H23N7O/c1-11(17-21-14-5-3-4-6-15(14)22-17)20-18(26)16-12(2)25(24-23-16)13-7-9-19-10-8-13/h3-6,11,13,19H,7-10H2,1-2H3,(H,20,26)(H,21,22)/t11-/m0/s1. The van der Waals surface area contributed by atoms with Crippen LogP contribution in [0, 0.1) is 6.92 Å². The van der Waals surface area contributed by atoms with Crippen LogP contribution in [0.4, 0.5) is 0 Å². The van der Waals surface area contributed by atoms with Crippen LogP contribution in [0.25, 0.3) is 11.0 Å². The number of H-pyrrole nitrogens is 1. The van der Waals surface area contributed by atoms with Crippen LogP contribution in [0.15, 0.2) is 24.3 Å². The van der Waals surface area contributed by atoms with E-state index in [-0.39, 0.29) is 11.9 Å². The van der Waals surface area contributed by atoms with Gasteiger partial charge in [0.25, 0.3) is 5.91 Å². The molecular weight excluding hydrogens is 330 g/mol. The largest absolute Gasteiger partial charge is 0.341 e. The first-order chi connectivity index (χ1) is 12.6. The number of carbonyl (C=O) groups is 1. The minimum atomic E-state index is -0.252. The maximum Gasteiger partial charge on any atom is 0.274 e. The van der Waals surface area contributed by atoms with E-state index in [4.69, 9.17) is 0 Å². The van der Waals surface area contributed by atoms with E-state index < -0.39 is 0 Å². The van der Waals surface area contributed by atoms with Crippen LogP contribution >= 0.6 is 0 Å². The Morgan fingerprint density at radius 1 is 1.31 bits per heavy atom. The SMILES string of the molecule is Cc1c(C(=O)N[C@@H](C)c2nc3ccccc3[nH]2)nnn1C1CCNCC1. The molecule has 0 unspecified atom stereocenters. The minimum Gasteiger partial charge on any atom is -0.341 e. The summed E-state index contributed by atoms with van der Waals surface area (Å²) in [6.07, 6.45) is 2.00. The van der Waals surface area contributed by atoms with Crippen LogP contribution in [0.2, 0.25) is 0 Å². The van der Waals surface area contributed by atoms with Gasteiger partial charge in [0.15, 0.2) is 5.69 Å². The molecular formula is C18H23N7O. The van der Waals surface area contributed by atoms with Gasteiger partial charge in [0.1, 0.15) is 5.82 Å². The second-order valence-corrected chi connectivity index (χ2v) is 6.78. The zero-order chi connectivity index (χ0) is 18.1. The van der Waals surface area contributed by atoms with Crippen molar-refractivity contribution in [3.63, 3.8) is 0 Å². The van der Waals surface area contributed by atoms with Gasteiger partial charge in [-0.05, 0) is 51.9 Å². The Morgan fingerprint density at radius 3 is 2.85 bits per heavy atom. The summed E-state index contributed by atoms with van der Waals surface area (Å²) in [6, 6.07) is 7.86. The van der Waals surface area contributed by atoms with E-state index in [0.717, 1.165) is 48.5 Å². The predicted molar refractivity (Wildman–Crippen MR) is 97.9 cm³/mol. The van der Waals surface area contributed by atoms with Gasteiger partial charge < -0.3 is 15.6 Å². The molecule has 1 fully saturated rings. The van der Waals surface area contributed by atoms with E-state index in [9.17, 15) is 4.79 Å². The predicted octanol–water partition coefficient (Wildman–Crippen LogP) is 1.88. The normalized spacial score (nSPS) is 16.7. The van der Waals surface area contributed by atoms with E-state index in [2.05, 4.69) is 30.9 Å². The lowest BCUT2D eigenvalue weighted by molar-refractivity contribution is 0.0932. The zero-order valence-electron chi connectivity index (χ0n) is 15.0. The number of hydrogen-bond donors (Lipinski definition) is 3. The molecule has 26 heavy (non-hydrogen) atoms. The van der Waals surface area contributed by atoms with Gasteiger partial charge in [-0.2, -0.15) is 0 Å². The van der Waals surface area contributed by atoms with Crippen molar-refractivity contribution in [2.24, 2.45) is 0 Å². The van der Waals surface area contributed by atoms with Crippen molar-refractivity contribution in [3.8, 4) is 0 Å². The van der Waals surface area contributed by atoms with Gasteiger partial charge >= 0.3 is 0 Å². The first-order valence-electron chi connectivity index (χ1n) is 9.01. The second-order valence-electron chi connectivity index (χ2n) is 6.78. The van der Waals surface area contributed by atoms with E-state index in [1.54, 1.807) is 0 Å². The number of nitrogens with zero attached hydrogens (tertiary/aromatic N) is 4. The summed E-state index contributed by atoms with van der Waals surface area (Å²) in [5, 5.41) is 14.7. The highest BCUT2D eigenvalue weighted by molar-refractivity contribution is 5.93. The number of nitrogens with one attached hydrogen (secondary N) is 3. The van der Waals surface area contributed by atoms with Crippen LogP contribution in [-0.2, 0) is 0 Å². The Balaban J connectivity index is 1.50. The van der Waals surface area contributed by atoms with Crippen molar-refractivity contribution in [1.82, 2.24) is 35.6 Å². The second kappa shape index (κ2) is 6.87. The quantitative estimate of drug-likeness (QED) is 0.665. The molecule has 1 saturated heterocycles. The summed E-state index contributed by atoms with van der Waals surface area (Å²) in [5.41, 5.74) is 3.03. The molecule has 136 valence electrons. The molecule has 1 aliphatic heterocycles. The fourth-order valence-corrected chi connectivity index (χ4v) is 3.46. The molecule has 0 bridgehead atoms. The first-order valence-corrected chi connectivity index (χ1v) is 9.01. The van der Waals surface area contributed by atoms with Gasteiger partial charge in [-0.25, -0.2) is 9.67 Å². The molecule has 8 nitrogen and oxygen atoms in total. The van der Waals surface area contributed by atoms with E-state index in [1.807, 2.05) is 42.8 Å². The van der Waals surface area contributed by atoms with E-state index in [0.29, 0.717) is 11.7 Å². The molecule has 1 aliphatic rings. The van der Waals surface area contributed by atoms with Crippen molar-refractivity contribution in [2.45, 2.75) is 38.8 Å². The van der Waals surface area contributed by atoms with Crippen molar-refractivity contribution < 1.29 is 4.79 Å². The van der Waals surface area contributed by atoms with Crippen molar-refractivity contribution in [2.75, 3.05) is 13.1 Å². The third-order valence-corrected chi connectivity index (χ3v) is 4.96. The fraction of sp³-hybridized carbons (Fsp3) is 0.444. The van der Waals surface area contributed by atoms with Gasteiger partial charge in [-0.1, -0.05) is 17.3 Å². The lowest BCUT2D eigenvalue weighted by Crippen LogP contribution is -2.31. The molecule has 0 spiro atoms. The van der Waals surface area contributed by atoms with Gasteiger partial charge in [0, 0.05) is 0 Å². The van der Waals surface area contributed by atoms with Crippen LogP contribution in [0.1, 0.15) is 53.9 Å². The number of carbonyl (C=O) groups excluding carboxylic acids is 1. The summed E-state index contributed by atoms with van der Waals surface area (Å²) >= 11 is 0. The highest BCUT2D eigenvalue weighted by atomic mass is 16.2. The van der Waals surface area contributed by atoms with Crippen LogP contribution in [0.3, 0.4) is 0 Å². The maximum absolute atomic E-state index is 12.7. The van der Waals surface area contributed by atoms with Crippen LogP contribution in [-0.4, -0.2) is 44.0 Å². The number of amides is 1. The zero-order valence-corrected chi connectivity index (χ0v) is 15.0. The molecule has 1 amide bonds. The molecule has 0 radical (unpaired) electrons. The summed E-state index contributed by atoms with van der Waals surface area (Å²) in [5.74, 6) is 0.499. The maximum atomic E-state index is 12.7. The number of imidazole rings is 1. The third-order valence-electron chi connectivity index (χ3n) is 4.96. The van der Waals surface area contributed by atoms with Gasteiger partial charge in [0.05, 0.1) is 28.8 Å². The smallest absolute Gasteiger partial charge is 0.274 e. The summed E-state index contributed by atoms with van der Waals surface area (Å²) in [6.45, 7) is 5.74. The topological polar surface area (TPSA) is 101 Å². The number of fused-ring (bicyclic) bond motifs is 1. The highest BCUT2D eigenvalue weighted by Gasteiger charge is 2.24. The molecule has 3 N–H and O–H groups in total. The molecule has 3 aromatic rings. The minimum absolute atomic E-state index is 0.226. The number of aromatic nitrogens is 5. The number of aromatic amines is 1. The molecule has 1 atom stereocenters. The van der Waals surface area contributed by atoms with Gasteiger partial charge in [-0.3, -0.25) is 4.79 Å². The summed E-state index contributed by atoms with van der Waals surface area (Å²) in [4.78, 5) is 20.5. The Labute approximate surface area is 151 Å². The van der Waals surface area contributed by atoms with Crippen LogP contribution in [0.5, 0.6) is 0 Å². The average molecular weight is 353 g/mol. The molecule has 1 aromatic carbocycles. The van der Waals surface area contributed by atoms with Crippen LogP contribution < -0.4 is 10.6 Å². The lowest BCUT2D eigenvalue weighted by atomic mass is 10.1. The Kier molecular flexibility index (Phi) is 4.42. The monoisotopic (exact) mass is 353 g/mol. The molecule has 2 aromatic heterocycles. The number of piperidine rings is 1. The Morgan fingerprint density at radius 2 is 2.08 bits per heavy atom. The number of rotatable bonds is 4. The molecule has 3 heterocycles. The Hall–Kier alpha value is -2.74. The summed E-state index contributed by atoms with van der Waals surface area (Å²) in [7, 11) is 0. The van der Waals surface area contributed by atoms with Crippen molar-refractivity contribution in [1.29, 1.82) is 0 Å². The lowest BCUT2D eigenvalue weighted by Gasteiger charge is -2.23. The average Bonchev–Trinajstić information content (AvgIpc) is 3.26. The van der Waals surface area contributed by atoms with Gasteiger partial charge in [-0.15, -0.1) is 5.10 Å². The van der Waals surface area contributed by atoms with E-state index in [1.165, 1.54) is 0 Å². The first kappa shape index (κ1) is 16.7. The number of para-hydroxylation sites is 2. The third kappa shape index (κ3) is 3.08. The number of hydrogen-bond acceptors (Lipinski definition) is 5. The van der Waals surface area contributed by atoms with Crippen molar-refractivity contribution >= 4 is 16.9 Å². The molecule has 4 rings (SSSR count). The summed E-state index contributed by atoms with van der Waals surface area (Å²) < 4.78 is 1.89. The Bertz CT molecular complexity index is 890. The molecule has 0 aliphatic carbocycles. The molecule has 0 saturated carbocycles. The highest BCUT2D eigenvalue weighted by Crippen LogP contribution is 2.21. The van der Waals surface area contributed by atoms with Crippen molar-refractivity contribution in [3.05, 3.63) is 41.5 Å². The fourth-order valence-electron chi connectivity index (χ4n) is 3.46. The van der Waals surface area contributed by atoms with E-state index >= 15 is 0 Å².